The van der Waals surface area contributed by atoms with E-state index in [-0.39, 0.29) is 9.33 Å². The smallest absolute Gasteiger partial charge is 0.416 e. The first-order chi connectivity index (χ1) is 18.2. The number of hydrogen-bond acceptors (Lipinski definition) is 5. The number of nitroso groups, excluding NO2 is 1. The van der Waals surface area contributed by atoms with E-state index in [0.29, 0.717) is 22.2 Å². The maximum absolute atomic E-state index is 13.8. The van der Waals surface area contributed by atoms with Gasteiger partial charge < -0.3 is 5.11 Å². The molecule has 8 nitrogen and oxygen atoms in total. The van der Waals surface area contributed by atoms with Crippen LogP contribution in [0.3, 0.4) is 0 Å². The minimum absolute atomic E-state index is 0.143. The summed E-state index contributed by atoms with van der Waals surface area (Å²) in [4.78, 5) is 35.4. The summed E-state index contributed by atoms with van der Waals surface area (Å²) in [6.45, 7) is -1.32. The topological polar surface area (TPSA) is 121 Å². The molecule has 3 aromatic carbocycles. The summed E-state index contributed by atoms with van der Waals surface area (Å²) in [6, 6.07) is 14.3. The molecular weight excluding hydrogens is 584 g/mol. The number of nitrogens with zero attached hydrogens (tertiary/aromatic N) is 2. The van der Waals surface area contributed by atoms with Crippen LogP contribution >= 0.6 is 23.2 Å². The Morgan fingerprint density at radius 2 is 1.51 bits per heavy atom. The van der Waals surface area contributed by atoms with Gasteiger partial charge in [-0.2, -0.15) is 17.5 Å². The minimum atomic E-state index is -4.92. The van der Waals surface area contributed by atoms with E-state index in [9.17, 15) is 41.2 Å². The van der Waals surface area contributed by atoms with E-state index >= 15 is 0 Å². The quantitative estimate of drug-likeness (QED) is 0.318. The molecule has 0 radical (unpaired) electrons. The van der Waals surface area contributed by atoms with Crippen molar-refractivity contribution < 1.29 is 36.3 Å². The number of aliphatic carboxylic acids is 1. The number of halogens is 5. The molecule has 0 aliphatic heterocycles. The monoisotopic (exact) mass is 600 g/mol. The summed E-state index contributed by atoms with van der Waals surface area (Å²) in [6.07, 6.45) is -5.53. The molecule has 204 valence electrons. The molecule has 1 aliphatic rings. The number of alkyl halides is 3. The van der Waals surface area contributed by atoms with E-state index in [4.69, 9.17) is 23.2 Å². The van der Waals surface area contributed by atoms with Crippen LogP contribution in [0.25, 0.3) is 11.1 Å². The molecule has 14 heteroatoms. The van der Waals surface area contributed by atoms with Gasteiger partial charge in [-0.15, -0.1) is 4.91 Å². The molecule has 1 fully saturated rings. The van der Waals surface area contributed by atoms with Gasteiger partial charge in [-0.3, -0.25) is 9.59 Å². The summed E-state index contributed by atoms with van der Waals surface area (Å²) in [7, 11) is -4.85. The molecule has 2 atom stereocenters. The maximum atomic E-state index is 13.8. The normalized spacial score (nSPS) is 19.1. The van der Waals surface area contributed by atoms with Crippen LogP contribution in [0.4, 0.5) is 13.2 Å². The van der Waals surface area contributed by atoms with Crippen LogP contribution in [0.2, 0.25) is 10.0 Å². The number of sulfonamides is 1. The predicted molar refractivity (Wildman–Crippen MR) is 136 cm³/mol. The summed E-state index contributed by atoms with van der Waals surface area (Å²) >= 11 is 11.8. The van der Waals surface area contributed by atoms with Gasteiger partial charge in [0.2, 0.25) is 10.0 Å². The van der Waals surface area contributed by atoms with E-state index in [1.54, 1.807) is 24.3 Å². The number of carbonyl (C=O) groups is 2. The van der Waals surface area contributed by atoms with Crippen molar-refractivity contribution in [3.63, 3.8) is 0 Å². The predicted octanol–water partition coefficient (Wildman–Crippen LogP) is 5.97. The number of carbonyl (C=O) groups excluding carboxylic acids is 1. The van der Waals surface area contributed by atoms with Gasteiger partial charge in [0.15, 0.2) is 0 Å². The van der Waals surface area contributed by atoms with Gasteiger partial charge in [0, 0.05) is 21.1 Å². The Hall–Kier alpha value is -3.32. The fraction of sp³-hybridized carbons (Fsp3) is 0.200. The van der Waals surface area contributed by atoms with Crippen LogP contribution in [-0.4, -0.2) is 41.8 Å². The van der Waals surface area contributed by atoms with Crippen LogP contribution < -0.4 is 0 Å². The average Bonchev–Trinajstić information content (AvgIpc) is 3.63. The molecule has 0 heterocycles. The molecule has 4 rings (SSSR count). The summed E-state index contributed by atoms with van der Waals surface area (Å²) in [5.41, 5.74) is -3.01. The van der Waals surface area contributed by atoms with Gasteiger partial charge in [0.1, 0.15) is 12.1 Å². The second-order valence-corrected chi connectivity index (χ2v) is 11.5. The Bertz CT molecular complexity index is 1560. The standard InChI is InChI=1S/C25H17Cl2F3N2O6S/c26-16-5-1-14(2-6-16)15-3-8-18(9-4-15)39(37,38)32(13-22(33)34)24(23(35)31-36)12-21(24)19-11-17(27)7-10-20(19)25(28,29)30/h1-11,21H,12-13H2,(H,33,34). The number of benzene rings is 3. The van der Waals surface area contributed by atoms with Crippen molar-refractivity contribution >= 4 is 45.1 Å². The van der Waals surface area contributed by atoms with Crippen LogP contribution in [0.5, 0.6) is 0 Å². The Labute approximate surface area is 230 Å². The van der Waals surface area contributed by atoms with E-state index in [2.05, 4.69) is 5.18 Å². The van der Waals surface area contributed by atoms with Crippen LogP contribution in [0.1, 0.15) is 23.5 Å². The lowest BCUT2D eigenvalue weighted by Gasteiger charge is -2.28. The number of rotatable bonds is 8. The zero-order valence-corrected chi connectivity index (χ0v) is 21.9. The van der Waals surface area contributed by atoms with Crippen molar-refractivity contribution in [1.29, 1.82) is 0 Å². The van der Waals surface area contributed by atoms with Gasteiger partial charge in [-0.05, 0) is 65.6 Å². The fourth-order valence-corrected chi connectivity index (χ4v) is 6.58. The van der Waals surface area contributed by atoms with Gasteiger partial charge in [-0.25, -0.2) is 8.42 Å². The van der Waals surface area contributed by atoms with Crippen molar-refractivity contribution in [1.82, 2.24) is 4.31 Å². The Balaban J connectivity index is 1.82. The van der Waals surface area contributed by atoms with Crippen molar-refractivity contribution in [2.75, 3.05) is 6.54 Å². The number of amides is 1. The summed E-state index contributed by atoms with van der Waals surface area (Å²) in [5, 5.41) is 12.1. The van der Waals surface area contributed by atoms with E-state index in [1.807, 2.05) is 0 Å². The number of carboxylic acid groups (broad SMARTS) is 1. The van der Waals surface area contributed by atoms with E-state index in [1.165, 1.54) is 12.1 Å². The van der Waals surface area contributed by atoms with Gasteiger partial charge in [-0.1, -0.05) is 47.5 Å². The highest BCUT2D eigenvalue weighted by molar-refractivity contribution is 7.89. The lowest BCUT2D eigenvalue weighted by Crippen LogP contribution is -2.50. The Kier molecular flexibility index (Phi) is 7.60. The molecule has 1 saturated carbocycles. The molecule has 39 heavy (non-hydrogen) atoms. The third kappa shape index (κ3) is 5.42. The maximum Gasteiger partial charge on any atom is 0.416 e. The van der Waals surface area contributed by atoms with Gasteiger partial charge in [0.25, 0.3) is 0 Å². The molecule has 1 aliphatic carbocycles. The molecule has 0 spiro atoms. The molecule has 0 saturated heterocycles. The third-order valence-corrected chi connectivity index (χ3v) is 8.81. The molecular formula is C25H17Cl2F3N2O6S. The molecule has 0 bridgehead atoms. The zero-order chi connectivity index (χ0) is 28.8. The van der Waals surface area contributed by atoms with Crippen molar-refractivity contribution in [3.05, 3.63) is 92.8 Å². The molecule has 0 aromatic heterocycles. The van der Waals surface area contributed by atoms with Crippen LogP contribution in [0.15, 0.2) is 76.8 Å². The first-order valence-electron chi connectivity index (χ1n) is 11.1. The van der Waals surface area contributed by atoms with Crippen molar-refractivity contribution in [2.45, 2.75) is 28.9 Å². The SMILES string of the molecule is O=NC(=O)C1(N(CC(=O)O)S(=O)(=O)c2ccc(-c3ccc(Cl)cc3)cc2)CC1c1cc(Cl)ccc1C(F)(F)F. The number of carboxylic acids is 1. The van der Waals surface area contributed by atoms with E-state index < -0.39 is 68.5 Å². The average molecular weight is 601 g/mol. The van der Waals surface area contributed by atoms with Crippen LogP contribution in [0, 0.1) is 4.91 Å². The highest BCUT2D eigenvalue weighted by atomic mass is 35.5. The molecule has 2 unspecified atom stereocenters. The van der Waals surface area contributed by atoms with Gasteiger partial charge in [0.05, 0.1) is 10.5 Å². The van der Waals surface area contributed by atoms with Crippen molar-refractivity contribution in [3.8, 4) is 11.1 Å². The zero-order valence-electron chi connectivity index (χ0n) is 19.5. The minimum Gasteiger partial charge on any atom is -0.480 e. The van der Waals surface area contributed by atoms with Gasteiger partial charge >= 0.3 is 18.1 Å². The second kappa shape index (κ2) is 10.3. The first-order valence-corrected chi connectivity index (χ1v) is 13.3. The van der Waals surface area contributed by atoms with E-state index in [0.717, 1.165) is 24.3 Å². The third-order valence-electron chi connectivity index (χ3n) is 6.42. The summed E-state index contributed by atoms with van der Waals surface area (Å²) < 4.78 is 68.9. The molecule has 1 amide bonds. The number of hydrogen-bond donors (Lipinski definition) is 1. The lowest BCUT2D eigenvalue weighted by atomic mass is 9.99. The van der Waals surface area contributed by atoms with Crippen molar-refractivity contribution in [2.24, 2.45) is 5.18 Å². The van der Waals surface area contributed by atoms with Crippen LogP contribution in [-0.2, 0) is 25.8 Å². The fourth-order valence-electron chi connectivity index (χ4n) is 4.55. The summed E-state index contributed by atoms with van der Waals surface area (Å²) in [5.74, 6) is -4.87. The highest BCUT2D eigenvalue weighted by Gasteiger charge is 2.69. The molecule has 3 aromatic rings. The lowest BCUT2D eigenvalue weighted by molar-refractivity contribution is -0.140. The Morgan fingerprint density at radius 3 is 2.03 bits per heavy atom. The second-order valence-electron chi connectivity index (χ2n) is 8.74. The largest absolute Gasteiger partial charge is 0.480 e. The first kappa shape index (κ1) is 28.7. The highest BCUT2D eigenvalue weighted by Crippen LogP contribution is 2.60. The Morgan fingerprint density at radius 1 is 0.974 bits per heavy atom. The molecule has 1 N–H and O–H groups in total.